The van der Waals surface area contributed by atoms with Crippen molar-refractivity contribution in [2.24, 2.45) is 0 Å². The molecular weight excluding hydrogens is 502 g/mol. The number of thioether (sulfide) groups is 2. The molecule has 36 heavy (non-hydrogen) atoms. The monoisotopic (exact) mass is 529 g/mol. The van der Waals surface area contributed by atoms with Crippen LogP contribution in [0.4, 0.5) is 5.69 Å². The summed E-state index contributed by atoms with van der Waals surface area (Å²) in [6, 6.07) is 24.3. The molecule has 0 bridgehead atoms. The van der Waals surface area contributed by atoms with E-state index in [1.807, 2.05) is 60.7 Å². The number of nitro benzene ring substituents is 1. The van der Waals surface area contributed by atoms with Crippen LogP contribution >= 0.6 is 23.5 Å². The minimum absolute atomic E-state index is 0.0672. The van der Waals surface area contributed by atoms with E-state index in [0.717, 1.165) is 11.1 Å². The highest BCUT2D eigenvalue weighted by atomic mass is 32.2. The number of non-ortho nitro benzene ring substituents is 1. The molecule has 10 heteroatoms. The molecule has 8 nitrogen and oxygen atoms in total. The number of esters is 1. The van der Waals surface area contributed by atoms with Crippen LogP contribution in [0.3, 0.4) is 0 Å². The van der Waals surface area contributed by atoms with E-state index in [1.165, 1.54) is 47.8 Å². The molecule has 0 aliphatic heterocycles. The van der Waals surface area contributed by atoms with Gasteiger partial charge in [-0.25, -0.2) is 4.79 Å². The second kappa shape index (κ2) is 14.0. The summed E-state index contributed by atoms with van der Waals surface area (Å²) in [7, 11) is 0. The molecule has 0 spiro atoms. The van der Waals surface area contributed by atoms with Gasteiger partial charge in [0.2, 0.25) is 0 Å². The number of benzene rings is 3. The molecule has 3 aromatic carbocycles. The smallest absolute Gasteiger partial charge is 0.338 e. The van der Waals surface area contributed by atoms with Crippen LogP contribution in [0.25, 0.3) is 0 Å². The maximum absolute atomic E-state index is 12.2. The Bertz CT molecular complexity index is 1060. The number of hydrogen-bond acceptors (Lipinski definition) is 9. The number of carbonyl (C=O) groups excluding carboxylic acids is 1. The number of carbonyl (C=O) groups is 1. The normalized spacial score (nSPS) is 13.7. The lowest BCUT2D eigenvalue weighted by Crippen LogP contribution is -2.44. The van der Waals surface area contributed by atoms with E-state index in [1.54, 1.807) is 0 Å². The molecule has 0 aliphatic carbocycles. The summed E-state index contributed by atoms with van der Waals surface area (Å²) in [6.07, 6.45) is -4.40. The number of aliphatic hydroxyl groups is 3. The first-order valence-corrected chi connectivity index (χ1v) is 13.2. The van der Waals surface area contributed by atoms with E-state index in [4.69, 9.17) is 4.74 Å². The molecule has 0 aromatic heterocycles. The molecule has 3 atom stereocenters. The van der Waals surface area contributed by atoms with Gasteiger partial charge in [-0.05, 0) is 23.3 Å². The van der Waals surface area contributed by atoms with E-state index in [0.29, 0.717) is 11.5 Å². The summed E-state index contributed by atoms with van der Waals surface area (Å²) in [5.41, 5.74) is 2.02. The first-order valence-electron chi connectivity index (χ1n) is 11.1. The SMILES string of the molecule is O=C(OC[C@@H](O)[C@H](O)[C@@H](O)C(SCc1ccccc1)SCc1ccccc1)c1ccc([N+](=O)[O-])cc1. The summed E-state index contributed by atoms with van der Waals surface area (Å²) in [6.45, 7) is -0.548. The quantitative estimate of drug-likeness (QED) is 0.130. The number of hydrogen-bond donors (Lipinski definition) is 3. The average Bonchev–Trinajstić information content (AvgIpc) is 2.92. The van der Waals surface area contributed by atoms with E-state index < -0.39 is 40.4 Å². The van der Waals surface area contributed by atoms with Gasteiger partial charge in [-0.2, -0.15) is 0 Å². The van der Waals surface area contributed by atoms with Gasteiger partial charge in [-0.3, -0.25) is 10.1 Å². The molecule has 3 aromatic rings. The Morgan fingerprint density at radius 1 is 0.806 bits per heavy atom. The highest BCUT2D eigenvalue weighted by Gasteiger charge is 2.33. The fourth-order valence-electron chi connectivity index (χ4n) is 3.20. The van der Waals surface area contributed by atoms with Crippen molar-refractivity contribution >= 4 is 35.2 Å². The van der Waals surface area contributed by atoms with Crippen LogP contribution in [-0.4, -0.2) is 55.7 Å². The Kier molecular flexibility index (Phi) is 10.8. The first-order chi connectivity index (χ1) is 17.3. The molecule has 0 unspecified atom stereocenters. The lowest BCUT2D eigenvalue weighted by molar-refractivity contribution is -0.384. The molecule has 0 amide bonds. The van der Waals surface area contributed by atoms with Crippen molar-refractivity contribution < 1.29 is 29.8 Å². The van der Waals surface area contributed by atoms with Crippen molar-refractivity contribution in [1.82, 2.24) is 0 Å². The predicted octanol–water partition coefficient (Wildman–Crippen LogP) is 4.03. The number of ether oxygens (including phenoxy) is 1. The first kappa shape index (κ1) is 27.7. The zero-order valence-corrected chi connectivity index (χ0v) is 20.9. The second-order valence-corrected chi connectivity index (χ2v) is 10.5. The van der Waals surface area contributed by atoms with Gasteiger partial charge in [-0.1, -0.05) is 60.7 Å². The van der Waals surface area contributed by atoms with Crippen LogP contribution in [-0.2, 0) is 16.2 Å². The van der Waals surface area contributed by atoms with E-state index >= 15 is 0 Å². The van der Waals surface area contributed by atoms with Crippen LogP contribution in [0.2, 0.25) is 0 Å². The van der Waals surface area contributed by atoms with Gasteiger partial charge in [0.1, 0.15) is 24.9 Å². The number of nitrogens with zero attached hydrogens (tertiary/aromatic N) is 1. The van der Waals surface area contributed by atoms with Gasteiger partial charge < -0.3 is 20.1 Å². The fourth-order valence-corrected chi connectivity index (χ4v) is 5.81. The van der Waals surface area contributed by atoms with Gasteiger partial charge in [-0.15, -0.1) is 23.5 Å². The third-order valence-corrected chi connectivity index (χ3v) is 8.27. The molecule has 3 N–H and O–H groups in total. The Morgan fingerprint density at radius 2 is 1.31 bits per heavy atom. The van der Waals surface area contributed by atoms with Crippen molar-refractivity contribution in [3.8, 4) is 0 Å². The molecule has 3 rings (SSSR count). The van der Waals surface area contributed by atoms with Crippen LogP contribution in [0.1, 0.15) is 21.5 Å². The molecule has 0 heterocycles. The number of nitro groups is 1. The predicted molar refractivity (Wildman–Crippen MR) is 141 cm³/mol. The van der Waals surface area contributed by atoms with Gasteiger partial charge in [0.05, 0.1) is 15.1 Å². The summed E-state index contributed by atoms with van der Waals surface area (Å²) in [5.74, 6) is 0.393. The van der Waals surface area contributed by atoms with E-state index in [-0.39, 0.29) is 11.3 Å². The topological polar surface area (TPSA) is 130 Å². The molecule has 0 saturated carbocycles. The van der Waals surface area contributed by atoms with Gasteiger partial charge in [0, 0.05) is 23.6 Å². The van der Waals surface area contributed by atoms with Gasteiger partial charge in [0.25, 0.3) is 5.69 Å². The Labute approximate surface area is 217 Å². The maximum atomic E-state index is 12.2. The molecule has 0 radical (unpaired) electrons. The average molecular weight is 530 g/mol. The standard InChI is InChI=1S/C26H27NO7S2/c28-22(15-34-25(31)20-11-13-21(14-12-20)27(32)33)23(29)24(30)26(35-16-18-7-3-1-4-8-18)36-17-19-9-5-2-6-10-19/h1-14,22-24,26,28-30H,15-17H2/t22-,23+,24-/m1/s1. The van der Waals surface area contributed by atoms with Crippen molar-refractivity contribution in [2.45, 2.75) is 34.4 Å². The van der Waals surface area contributed by atoms with Crippen LogP contribution in [0.15, 0.2) is 84.9 Å². The largest absolute Gasteiger partial charge is 0.459 e. The lowest BCUT2D eigenvalue weighted by atomic mass is 10.1. The lowest BCUT2D eigenvalue weighted by Gasteiger charge is -2.29. The summed E-state index contributed by atoms with van der Waals surface area (Å²) in [5, 5.41) is 42.7. The maximum Gasteiger partial charge on any atom is 0.338 e. The summed E-state index contributed by atoms with van der Waals surface area (Å²) in [4.78, 5) is 22.4. The molecule has 0 saturated heterocycles. The Morgan fingerprint density at radius 3 is 1.78 bits per heavy atom. The minimum atomic E-state index is -1.56. The van der Waals surface area contributed by atoms with Crippen LogP contribution in [0.5, 0.6) is 0 Å². The van der Waals surface area contributed by atoms with Gasteiger partial charge in [0.15, 0.2) is 0 Å². The highest BCUT2D eigenvalue weighted by Crippen LogP contribution is 2.34. The molecule has 0 fully saturated rings. The second-order valence-electron chi connectivity index (χ2n) is 7.91. The Hall–Kier alpha value is -2.89. The zero-order valence-electron chi connectivity index (χ0n) is 19.3. The summed E-state index contributed by atoms with van der Waals surface area (Å²) < 4.78 is 4.58. The number of rotatable bonds is 13. The third kappa shape index (κ3) is 8.35. The highest BCUT2D eigenvalue weighted by molar-refractivity contribution is 8.16. The van der Waals surface area contributed by atoms with Crippen molar-refractivity contribution in [2.75, 3.05) is 6.61 Å². The summed E-state index contributed by atoms with van der Waals surface area (Å²) >= 11 is 2.90. The molecular formula is C26H27NO7S2. The van der Waals surface area contributed by atoms with E-state index in [9.17, 15) is 30.2 Å². The minimum Gasteiger partial charge on any atom is -0.459 e. The molecule has 0 aliphatic rings. The zero-order chi connectivity index (χ0) is 25.9. The third-order valence-electron chi connectivity index (χ3n) is 5.24. The van der Waals surface area contributed by atoms with Crippen molar-refractivity contribution in [1.29, 1.82) is 0 Å². The Balaban J connectivity index is 1.59. The van der Waals surface area contributed by atoms with Crippen molar-refractivity contribution in [3.63, 3.8) is 0 Å². The van der Waals surface area contributed by atoms with Gasteiger partial charge >= 0.3 is 5.97 Å². The molecule has 190 valence electrons. The van der Waals surface area contributed by atoms with Crippen LogP contribution in [0, 0.1) is 10.1 Å². The van der Waals surface area contributed by atoms with Crippen molar-refractivity contribution in [3.05, 3.63) is 112 Å². The van der Waals surface area contributed by atoms with E-state index in [2.05, 4.69) is 0 Å². The van der Waals surface area contributed by atoms with Crippen LogP contribution < -0.4 is 0 Å². The number of aliphatic hydroxyl groups excluding tert-OH is 3. The fraction of sp³-hybridized carbons (Fsp3) is 0.269.